The van der Waals surface area contributed by atoms with E-state index in [1.165, 1.54) is 20.8 Å². The molecule has 14 nitrogen and oxygen atoms in total. The Labute approximate surface area is 242 Å². The van der Waals surface area contributed by atoms with E-state index in [0.717, 1.165) is 5.56 Å². The number of carbonyl (C=O) groups is 5. The van der Waals surface area contributed by atoms with Gasteiger partial charge in [-0.15, -0.1) is 0 Å². The minimum atomic E-state index is -1.15. The molecule has 1 unspecified atom stereocenters. The maximum Gasteiger partial charge on any atom is 0.409 e. The number of hydrogen-bond acceptors (Lipinski definition) is 9. The number of aromatic nitrogens is 1. The lowest BCUT2D eigenvalue weighted by Gasteiger charge is -2.36. The number of nitrogens with one attached hydrogen (secondary N) is 1. The van der Waals surface area contributed by atoms with Crippen LogP contribution in [0.4, 0.5) is 4.79 Å². The molecule has 1 aromatic carbocycles. The zero-order valence-corrected chi connectivity index (χ0v) is 23.6. The summed E-state index contributed by atoms with van der Waals surface area (Å²) >= 11 is 0. The zero-order valence-electron chi connectivity index (χ0n) is 23.6. The molecular weight excluding hydrogens is 550 g/mol. The first-order chi connectivity index (χ1) is 20.0. The lowest BCUT2D eigenvalue weighted by molar-refractivity contribution is -0.143. The van der Waals surface area contributed by atoms with Crippen molar-refractivity contribution in [3.63, 3.8) is 0 Å². The Morgan fingerprint density at radius 3 is 2.38 bits per heavy atom. The number of aliphatic carboxylic acids is 1. The van der Waals surface area contributed by atoms with Crippen LogP contribution in [0, 0.1) is 6.92 Å². The molecule has 0 radical (unpaired) electrons. The van der Waals surface area contributed by atoms with E-state index >= 15 is 0 Å². The largest absolute Gasteiger partial charge is 0.483 e. The number of carboxylic acid groups (broad SMARTS) is 1. The van der Waals surface area contributed by atoms with E-state index in [-0.39, 0.29) is 82.7 Å². The predicted molar refractivity (Wildman–Crippen MR) is 148 cm³/mol. The van der Waals surface area contributed by atoms with Crippen LogP contribution in [0.25, 0.3) is 10.9 Å². The van der Waals surface area contributed by atoms with E-state index in [9.17, 15) is 34.2 Å². The van der Waals surface area contributed by atoms with Crippen LogP contribution in [-0.4, -0.2) is 124 Å². The van der Waals surface area contributed by atoms with Crippen LogP contribution in [0.3, 0.4) is 0 Å². The Morgan fingerprint density at radius 1 is 1.05 bits per heavy atom. The fourth-order valence-electron chi connectivity index (χ4n) is 4.73. The molecule has 4 amide bonds. The minimum absolute atomic E-state index is 0.0739. The summed E-state index contributed by atoms with van der Waals surface area (Å²) in [4.78, 5) is 71.4. The third kappa shape index (κ3) is 7.43. The van der Waals surface area contributed by atoms with Gasteiger partial charge in [0.1, 0.15) is 17.5 Å². The second-order valence-electron chi connectivity index (χ2n) is 10.2. The van der Waals surface area contributed by atoms with Gasteiger partial charge in [0.15, 0.2) is 6.61 Å². The zero-order chi connectivity index (χ0) is 30.4. The van der Waals surface area contributed by atoms with Crippen molar-refractivity contribution in [2.24, 2.45) is 0 Å². The second-order valence-corrected chi connectivity index (χ2v) is 10.2. The molecule has 226 valence electrons. The molecule has 0 spiro atoms. The van der Waals surface area contributed by atoms with Crippen molar-refractivity contribution in [1.82, 2.24) is 25.0 Å². The van der Waals surface area contributed by atoms with Crippen LogP contribution < -0.4 is 10.1 Å². The number of aliphatic hydroxyl groups is 1. The lowest BCUT2D eigenvalue weighted by atomic mass is 10.1. The van der Waals surface area contributed by atoms with E-state index < -0.39 is 36.0 Å². The molecule has 1 atom stereocenters. The van der Waals surface area contributed by atoms with Gasteiger partial charge in [0.2, 0.25) is 5.91 Å². The van der Waals surface area contributed by atoms with Crippen molar-refractivity contribution in [2.45, 2.75) is 38.8 Å². The molecule has 0 bridgehead atoms. The standard InChI is InChI=1S/C28H35N5O9/c1-3-41-28(40)32-10-8-31(9-11-32)27(39)20(6-7-25(36)37)30-26(38)22-13-23(19-5-4-17(2)12-21(19)29-22)42-16-24(35)33-14-18(34)15-33/h4-5,12-13,18,20,34H,3,6-11,14-16H2,1-2H3,(H,30,38)(H,36,37). The molecule has 2 saturated heterocycles. The lowest BCUT2D eigenvalue weighted by Crippen LogP contribution is -2.56. The molecule has 3 N–H and O–H groups in total. The molecule has 14 heteroatoms. The van der Waals surface area contributed by atoms with Crippen molar-refractivity contribution in [1.29, 1.82) is 0 Å². The molecular formula is C28H35N5O9. The summed E-state index contributed by atoms with van der Waals surface area (Å²) < 4.78 is 10.8. The van der Waals surface area contributed by atoms with Crippen molar-refractivity contribution < 1.29 is 43.7 Å². The van der Waals surface area contributed by atoms with Gasteiger partial charge in [0, 0.05) is 57.1 Å². The number of hydrogen-bond donors (Lipinski definition) is 3. The highest BCUT2D eigenvalue weighted by atomic mass is 16.6. The summed E-state index contributed by atoms with van der Waals surface area (Å²) in [6.07, 6.45) is -1.53. The molecule has 4 rings (SSSR count). The Kier molecular flexibility index (Phi) is 9.78. The summed E-state index contributed by atoms with van der Waals surface area (Å²) in [5.41, 5.74) is 1.24. The number of carbonyl (C=O) groups excluding carboxylic acids is 4. The molecule has 1 aromatic heterocycles. The van der Waals surface area contributed by atoms with Gasteiger partial charge in [0.25, 0.3) is 11.8 Å². The molecule has 2 aromatic rings. The van der Waals surface area contributed by atoms with Crippen LogP contribution in [0.1, 0.15) is 35.8 Å². The highest BCUT2D eigenvalue weighted by Gasteiger charge is 2.32. The highest BCUT2D eigenvalue weighted by Crippen LogP contribution is 2.27. The number of likely N-dealkylation sites (tertiary alicyclic amines) is 1. The number of fused-ring (bicyclic) bond motifs is 1. The fourth-order valence-corrected chi connectivity index (χ4v) is 4.73. The summed E-state index contributed by atoms with van der Waals surface area (Å²) in [5.74, 6) is -2.38. The van der Waals surface area contributed by atoms with Crippen LogP contribution in [0.15, 0.2) is 24.3 Å². The van der Waals surface area contributed by atoms with Crippen LogP contribution >= 0.6 is 0 Å². The van der Waals surface area contributed by atoms with Gasteiger partial charge in [0.05, 0.1) is 18.2 Å². The SMILES string of the molecule is CCOC(=O)N1CCN(C(=O)C(CCC(=O)O)NC(=O)c2cc(OCC(=O)N3CC(O)C3)c3ccc(C)cc3n2)CC1. The van der Waals surface area contributed by atoms with Crippen molar-refractivity contribution >= 4 is 40.7 Å². The molecule has 42 heavy (non-hydrogen) atoms. The van der Waals surface area contributed by atoms with Gasteiger partial charge < -0.3 is 39.7 Å². The second kappa shape index (κ2) is 13.5. The number of nitrogens with zero attached hydrogens (tertiary/aromatic N) is 4. The Morgan fingerprint density at radius 2 is 1.74 bits per heavy atom. The van der Waals surface area contributed by atoms with E-state index in [1.807, 2.05) is 13.0 Å². The van der Waals surface area contributed by atoms with Crippen molar-refractivity contribution in [3.05, 3.63) is 35.5 Å². The van der Waals surface area contributed by atoms with Crippen LogP contribution in [-0.2, 0) is 19.1 Å². The van der Waals surface area contributed by atoms with E-state index in [1.54, 1.807) is 19.1 Å². The number of carboxylic acids is 1. The van der Waals surface area contributed by atoms with Gasteiger partial charge in [-0.25, -0.2) is 9.78 Å². The van der Waals surface area contributed by atoms with E-state index in [4.69, 9.17) is 9.47 Å². The Hall–Kier alpha value is -4.46. The average molecular weight is 586 g/mol. The molecule has 0 saturated carbocycles. The van der Waals surface area contributed by atoms with Crippen molar-refractivity contribution in [3.8, 4) is 5.75 Å². The number of rotatable bonds is 10. The summed E-state index contributed by atoms with van der Waals surface area (Å²) in [7, 11) is 0. The first-order valence-corrected chi connectivity index (χ1v) is 13.8. The quantitative estimate of drug-likeness (QED) is 0.353. The third-order valence-electron chi connectivity index (χ3n) is 7.09. The first kappa shape index (κ1) is 30.5. The first-order valence-electron chi connectivity index (χ1n) is 13.8. The van der Waals surface area contributed by atoms with Crippen LogP contribution in [0.5, 0.6) is 5.75 Å². The molecule has 2 aliphatic rings. The summed E-state index contributed by atoms with van der Waals surface area (Å²) in [5, 5.41) is 21.9. The normalized spacial score (nSPS) is 16.0. The number of pyridine rings is 1. The maximum absolute atomic E-state index is 13.4. The predicted octanol–water partition coefficient (Wildman–Crippen LogP) is 0.389. The van der Waals surface area contributed by atoms with Gasteiger partial charge >= 0.3 is 12.1 Å². The number of benzene rings is 1. The molecule has 2 aliphatic heterocycles. The highest BCUT2D eigenvalue weighted by molar-refractivity contribution is 5.99. The van der Waals surface area contributed by atoms with E-state index in [0.29, 0.717) is 10.9 Å². The molecule has 3 heterocycles. The van der Waals surface area contributed by atoms with Crippen molar-refractivity contribution in [2.75, 3.05) is 52.5 Å². The Balaban J connectivity index is 1.50. The number of amides is 4. The average Bonchev–Trinajstić information content (AvgIpc) is 2.95. The van der Waals surface area contributed by atoms with E-state index in [2.05, 4.69) is 10.3 Å². The smallest absolute Gasteiger partial charge is 0.409 e. The number of β-amino-alcohol motifs (C(OH)–C–C–N with tert-alkyl or cyclic N) is 1. The Bertz CT molecular complexity index is 1350. The van der Waals surface area contributed by atoms with Gasteiger partial charge in [-0.2, -0.15) is 0 Å². The molecule has 2 fully saturated rings. The summed E-state index contributed by atoms with van der Waals surface area (Å²) in [6, 6.07) is 5.58. The fraction of sp³-hybridized carbons (Fsp3) is 0.500. The third-order valence-corrected chi connectivity index (χ3v) is 7.09. The number of piperazine rings is 1. The van der Waals surface area contributed by atoms with Gasteiger partial charge in [-0.05, 0) is 38.0 Å². The number of aliphatic hydroxyl groups excluding tert-OH is 1. The maximum atomic E-state index is 13.4. The van der Waals surface area contributed by atoms with Crippen LogP contribution in [0.2, 0.25) is 0 Å². The van der Waals surface area contributed by atoms with Gasteiger partial charge in [-0.3, -0.25) is 19.2 Å². The number of aryl methyl sites for hydroxylation is 1. The molecule has 0 aliphatic carbocycles. The topological polar surface area (TPSA) is 179 Å². The van der Waals surface area contributed by atoms with Gasteiger partial charge in [-0.1, -0.05) is 6.07 Å². The summed E-state index contributed by atoms with van der Waals surface area (Å²) in [6.45, 7) is 4.83. The minimum Gasteiger partial charge on any atom is -0.483 e. The number of ether oxygens (including phenoxy) is 2. The monoisotopic (exact) mass is 585 g/mol.